The van der Waals surface area contributed by atoms with E-state index in [1.807, 2.05) is 26.0 Å². The number of fused-ring (bicyclic) bond motifs is 20. The van der Waals surface area contributed by atoms with Crippen LogP contribution in [0.5, 0.6) is 5.75 Å². The maximum atomic E-state index is 13.2. The number of carbonyl (C=O) groups excluding carboxylic acids is 1. The Labute approximate surface area is 316 Å². The summed E-state index contributed by atoms with van der Waals surface area (Å²) in [5.74, 6) is 4.86. The van der Waals surface area contributed by atoms with Crippen LogP contribution >= 0.6 is 0 Å². The molecule has 5 aliphatic heterocycles. The van der Waals surface area contributed by atoms with Gasteiger partial charge in [0, 0.05) is 5.92 Å². The number of hydrogen-bond acceptors (Lipinski definition) is 11. The third-order valence-corrected chi connectivity index (χ3v) is 15.7. The molecule has 1 aromatic rings. The molecule has 1 aromatic carbocycles. The Morgan fingerprint density at radius 2 is 0.943 bits per heavy atom. The van der Waals surface area contributed by atoms with E-state index in [0.717, 1.165) is 18.4 Å². The largest absolute Gasteiger partial charge is 0.489 e. The number of hydrogen-bond donors (Lipinski definition) is 8. The van der Waals surface area contributed by atoms with Crippen molar-refractivity contribution in [2.75, 3.05) is 6.61 Å². The topological polar surface area (TPSA) is 132 Å². The quantitative estimate of drug-likeness (QED) is 0.213. The maximum absolute atomic E-state index is 13.2. The second-order valence-corrected chi connectivity index (χ2v) is 18.5. The van der Waals surface area contributed by atoms with Crippen molar-refractivity contribution in [1.82, 2.24) is 42.5 Å². The molecule has 11 nitrogen and oxygen atoms in total. The first kappa shape index (κ1) is 35.6. The molecule has 11 heteroatoms. The lowest BCUT2D eigenvalue weighted by atomic mass is 9.75. The van der Waals surface area contributed by atoms with Crippen molar-refractivity contribution < 1.29 is 14.3 Å². The first-order chi connectivity index (χ1) is 26.0. The molecule has 17 unspecified atom stereocenters. The molecule has 292 valence electrons. The van der Waals surface area contributed by atoms with E-state index in [4.69, 9.17) is 9.47 Å². The molecule has 0 radical (unpaired) electrons. The number of rotatable bonds is 4. The van der Waals surface area contributed by atoms with E-state index < -0.39 is 0 Å². The van der Waals surface area contributed by atoms with Crippen LogP contribution < -0.4 is 47.3 Å². The fourth-order valence-electron chi connectivity index (χ4n) is 13.4. The highest BCUT2D eigenvalue weighted by Crippen LogP contribution is 2.46. The predicted octanol–water partition coefficient (Wildman–Crippen LogP) is 4.15. The zero-order valence-electron chi connectivity index (χ0n) is 32.1. The molecule has 4 aliphatic carbocycles. The fourth-order valence-corrected chi connectivity index (χ4v) is 13.4. The Hall–Kier alpha value is -1.83. The van der Waals surface area contributed by atoms with Crippen molar-refractivity contribution in [3.8, 4) is 5.75 Å². The third-order valence-electron chi connectivity index (χ3n) is 15.7. The molecular weight excluding hydrogens is 665 g/mol. The van der Waals surface area contributed by atoms with Gasteiger partial charge in [0.1, 0.15) is 17.4 Å². The van der Waals surface area contributed by atoms with Gasteiger partial charge in [-0.2, -0.15) is 0 Å². The minimum Gasteiger partial charge on any atom is -0.489 e. The summed E-state index contributed by atoms with van der Waals surface area (Å²) in [5.41, 5.74) is 1.58. The van der Waals surface area contributed by atoms with E-state index in [-0.39, 0.29) is 42.7 Å². The molecule has 10 rings (SSSR count). The lowest BCUT2D eigenvalue weighted by Crippen LogP contribution is -2.62. The van der Waals surface area contributed by atoms with Crippen molar-refractivity contribution in [1.29, 1.82) is 0 Å². The summed E-state index contributed by atoms with van der Waals surface area (Å²) >= 11 is 0. The van der Waals surface area contributed by atoms with Gasteiger partial charge >= 0.3 is 5.97 Å². The standard InChI is InChI=1S/C42H66N8O3/c1-3-52-42(51)30-21-22(2)19-20-31(30)53-32-18-10-17-29-33(32)41-49-39-28-16-9-8-15-27(28)37(47-39)45-35-24-12-5-4-11-23(24)34(43-35)44-36-25-13-6-7-14-26(25)38(46-36)48-40(29)50-41/h19-21,23-29,32-41,43-50H,3-18H2,1-2H3. The van der Waals surface area contributed by atoms with Crippen LogP contribution in [0.1, 0.15) is 119 Å². The summed E-state index contributed by atoms with van der Waals surface area (Å²) in [6.07, 6.45) is 21.1. The van der Waals surface area contributed by atoms with E-state index in [1.54, 1.807) is 0 Å². The van der Waals surface area contributed by atoms with Gasteiger partial charge in [0.15, 0.2) is 0 Å². The van der Waals surface area contributed by atoms with Crippen LogP contribution in [0.3, 0.4) is 0 Å². The molecule has 4 saturated carbocycles. The Morgan fingerprint density at radius 3 is 1.38 bits per heavy atom. The van der Waals surface area contributed by atoms with Gasteiger partial charge in [-0.15, -0.1) is 0 Å². The Morgan fingerprint density at radius 1 is 0.547 bits per heavy atom. The fraction of sp³-hybridized carbons (Fsp3) is 0.833. The molecule has 17 atom stereocenters. The van der Waals surface area contributed by atoms with E-state index in [2.05, 4.69) is 48.6 Å². The minimum atomic E-state index is -0.299. The van der Waals surface area contributed by atoms with Crippen LogP contribution in [-0.2, 0) is 4.74 Å². The first-order valence-corrected chi connectivity index (χ1v) is 22.1. The number of aryl methyl sites for hydroxylation is 1. The number of carbonyl (C=O) groups is 1. The normalized spacial score (nSPS) is 47.5. The van der Waals surface area contributed by atoms with Crippen molar-refractivity contribution in [2.45, 2.75) is 166 Å². The first-order valence-electron chi connectivity index (χ1n) is 22.1. The molecule has 8 bridgehead atoms. The van der Waals surface area contributed by atoms with E-state index >= 15 is 0 Å². The smallest absolute Gasteiger partial charge is 0.341 e. The van der Waals surface area contributed by atoms with E-state index in [0.29, 0.717) is 84.0 Å². The second kappa shape index (κ2) is 14.9. The average Bonchev–Trinajstić information content (AvgIpc) is 3.92. The number of esters is 1. The highest BCUT2D eigenvalue weighted by molar-refractivity contribution is 5.92. The summed E-state index contributed by atoms with van der Waals surface area (Å²) in [7, 11) is 0. The van der Waals surface area contributed by atoms with Crippen LogP contribution in [0.15, 0.2) is 18.2 Å². The second-order valence-electron chi connectivity index (χ2n) is 18.5. The van der Waals surface area contributed by atoms with E-state index in [1.165, 1.54) is 83.5 Å². The predicted molar refractivity (Wildman–Crippen MR) is 204 cm³/mol. The van der Waals surface area contributed by atoms with Gasteiger partial charge in [-0.05, 0) is 125 Å². The molecular formula is C42H66N8O3. The van der Waals surface area contributed by atoms with Gasteiger partial charge < -0.3 is 9.47 Å². The van der Waals surface area contributed by atoms with Gasteiger partial charge in [-0.25, -0.2) is 4.79 Å². The highest BCUT2D eigenvalue weighted by Gasteiger charge is 2.56. The molecule has 9 aliphatic rings. The summed E-state index contributed by atoms with van der Waals surface area (Å²) in [4.78, 5) is 13.2. The lowest BCUT2D eigenvalue weighted by Gasteiger charge is -2.39. The SMILES string of the molecule is CCOC(=O)c1cc(C)ccc1OC1CCCC2C3NC4NC(NC5NC(NC6NC(NC(N3)C12)C1CCCCC61)C1CCCCC51)C1CCCCC41. The van der Waals surface area contributed by atoms with E-state index in [9.17, 15) is 4.79 Å². The molecule has 5 heterocycles. The summed E-state index contributed by atoms with van der Waals surface area (Å²) in [6.45, 7) is 4.24. The molecule has 0 amide bonds. The van der Waals surface area contributed by atoms with Crippen LogP contribution in [0, 0.1) is 54.3 Å². The zero-order chi connectivity index (χ0) is 35.6. The lowest BCUT2D eigenvalue weighted by molar-refractivity contribution is 0.0382. The molecule has 9 fully saturated rings. The maximum Gasteiger partial charge on any atom is 0.341 e. The van der Waals surface area contributed by atoms with Crippen LogP contribution in [0.2, 0.25) is 0 Å². The summed E-state index contributed by atoms with van der Waals surface area (Å²) in [6, 6.07) is 5.98. The van der Waals surface area contributed by atoms with Crippen LogP contribution in [0.4, 0.5) is 0 Å². The van der Waals surface area contributed by atoms with Crippen molar-refractivity contribution in [2.24, 2.45) is 47.3 Å². The molecule has 5 saturated heterocycles. The average molecular weight is 731 g/mol. The molecule has 0 spiro atoms. The van der Waals surface area contributed by atoms with Gasteiger partial charge in [-0.3, -0.25) is 42.5 Å². The molecule has 53 heavy (non-hydrogen) atoms. The number of benzene rings is 1. The van der Waals surface area contributed by atoms with Gasteiger partial charge in [0.2, 0.25) is 0 Å². The number of nitrogens with one attached hydrogen (secondary N) is 8. The Bertz CT molecular complexity index is 1480. The van der Waals surface area contributed by atoms with Gasteiger partial charge in [-0.1, -0.05) is 50.2 Å². The van der Waals surface area contributed by atoms with Crippen molar-refractivity contribution in [3.05, 3.63) is 29.3 Å². The van der Waals surface area contributed by atoms with Gasteiger partial charge in [0.25, 0.3) is 0 Å². The minimum absolute atomic E-state index is 0.0162. The zero-order valence-corrected chi connectivity index (χ0v) is 32.1. The Balaban J connectivity index is 0.987. The summed E-state index contributed by atoms with van der Waals surface area (Å²) in [5, 5.41) is 33.8. The monoisotopic (exact) mass is 731 g/mol. The highest BCUT2D eigenvalue weighted by atomic mass is 16.5. The number of ether oxygens (including phenoxy) is 2. The van der Waals surface area contributed by atoms with Gasteiger partial charge in [0.05, 0.1) is 55.9 Å². The molecule has 8 N–H and O–H groups in total. The summed E-state index contributed by atoms with van der Waals surface area (Å²) < 4.78 is 12.5. The molecule has 0 aromatic heterocycles. The third kappa shape index (κ3) is 6.56. The van der Waals surface area contributed by atoms with Crippen LogP contribution in [-0.4, -0.2) is 68.0 Å². The Kier molecular flexibility index (Phi) is 10.0. The van der Waals surface area contributed by atoms with Crippen LogP contribution in [0.25, 0.3) is 0 Å². The van der Waals surface area contributed by atoms with Crippen molar-refractivity contribution in [3.63, 3.8) is 0 Å². The van der Waals surface area contributed by atoms with Crippen molar-refractivity contribution >= 4 is 5.97 Å².